The first kappa shape index (κ1) is 18.4. The van der Waals surface area contributed by atoms with Gasteiger partial charge in [-0.25, -0.2) is 14.8 Å². The molecule has 0 saturated carbocycles. The molecule has 8 heteroatoms. The Morgan fingerprint density at radius 2 is 2.14 bits per heavy atom. The van der Waals surface area contributed by atoms with Gasteiger partial charge in [-0.3, -0.25) is 0 Å². The van der Waals surface area contributed by atoms with Gasteiger partial charge in [0.25, 0.3) is 0 Å². The fourth-order valence-electron chi connectivity index (χ4n) is 1.85. The number of aromatic nitrogens is 2. The zero-order valence-electron chi connectivity index (χ0n) is 12.5. The summed E-state index contributed by atoms with van der Waals surface area (Å²) in [6.07, 6.45) is 1.87. The largest absolute Gasteiger partial charge is 1.00 e. The van der Waals surface area contributed by atoms with E-state index in [4.69, 9.17) is 5.90 Å². The summed E-state index contributed by atoms with van der Waals surface area (Å²) in [6.45, 7) is 2.61. The van der Waals surface area contributed by atoms with E-state index in [0.717, 1.165) is 12.6 Å². The third kappa shape index (κ3) is 4.67. The van der Waals surface area contributed by atoms with Crippen LogP contribution in [0.15, 0.2) is 30.5 Å². The molecule has 1 heterocycles. The van der Waals surface area contributed by atoms with E-state index < -0.39 is 11.8 Å². The first-order chi connectivity index (χ1) is 10.1. The number of hydrogen-bond donors (Lipinski definition) is 2. The minimum Gasteiger partial charge on any atom is -0.858 e. The predicted octanol–water partition coefficient (Wildman–Crippen LogP) is -2.45. The first-order valence-corrected chi connectivity index (χ1v) is 6.35. The van der Waals surface area contributed by atoms with E-state index in [-0.39, 0.29) is 41.1 Å². The zero-order valence-corrected chi connectivity index (χ0v) is 14.5. The molecule has 1 aromatic heterocycles. The number of aryl methyl sites for hydroxylation is 1. The molecule has 2 aromatic rings. The fourth-order valence-corrected chi connectivity index (χ4v) is 1.85. The maximum absolute atomic E-state index is 11.6. The van der Waals surface area contributed by atoms with Crippen LogP contribution in [0.2, 0.25) is 0 Å². The second-order valence-electron chi connectivity index (χ2n) is 4.42. The summed E-state index contributed by atoms with van der Waals surface area (Å²) in [5.41, 5.74) is 2.11. The monoisotopic (exact) mass is 310 g/mol. The van der Waals surface area contributed by atoms with Crippen molar-refractivity contribution < 1.29 is 44.3 Å². The summed E-state index contributed by atoms with van der Waals surface area (Å²) in [4.78, 5) is 22.6. The molecule has 0 radical (unpaired) electrons. The third-order valence-electron chi connectivity index (χ3n) is 3.02. The van der Waals surface area contributed by atoms with Crippen molar-refractivity contribution in [2.75, 3.05) is 11.9 Å². The van der Waals surface area contributed by atoms with Crippen LogP contribution in [0.1, 0.15) is 21.5 Å². The molecular formula is C14H15N4NaO3. The van der Waals surface area contributed by atoms with Crippen molar-refractivity contribution in [3.05, 3.63) is 47.2 Å². The van der Waals surface area contributed by atoms with Crippen LogP contribution >= 0.6 is 0 Å². The van der Waals surface area contributed by atoms with Crippen LogP contribution < -0.4 is 45.9 Å². The molecule has 0 aliphatic heterocycles. The van der Waals surface area contributed by atoms with Gasteiger partial charge >= 0.3 is 35.5 Å². The van der Waals surface area contributed by atoms with Crippen LogP contribution in [0.5, 0.6) is 5.88 Å². The van der Waals surface area contributed by atoms with Crippen molar-refractivity contribution in [3.8, 4) is 5.88 Å². The van der Waals surface area contributed by atoms with E-state index >= 15 is 0 Å². The van der Waals surface area contributed by atoms with Crippen molar-refractivity contribution in [2.24, 2.45) is 5.90 Å². The number of nitrogens with two attached hydrogens (primary N) is 1. The number of anilines is 1. The average Bonchev–Trinajstić information content (AvgIpc) is 2.48. The second-order valence-corrected chi connectivity index (χ2v) is 4.42. The van der Waals surface area contributed by atoms with E-state index in [1.54, 1.807) is 0 Å². The fraction of sp³-hybridized carbons (Fsp3) is 0.214. The molecule has 110 valence electrons. The number of nitrogens with zero attached hydrogens (tertiary/aromatic N) is 2. The van der Waals surface area contributed by atoms with Crippen LogP contribution in [-0.4, -0.2) is 22.5 Å². The molecule has 0 aliphatic carbocycles. The van der Waals surface area contributed by atoms with E-state index in [1.807, 2.05) is 31.2 Å². The van der Waals surface area contributed by atoms with Gasteiger partial charge in [-0.15, -0.1) is 0 Å². The van der Waals surface area contributed by atoms with Crippen molar-refractivity contribution in [1.29, 1.82) is 0 Å². The number of rotatable bonds is 5. The zero-order chi connectivity index (χ0) is 15.2. The van der Waals surface area contributed by atoms with E-state index in [1.165, 1.54) is 11.1 Å². The molecule has 7 nitrogen and oxygen atoms in total. The molecule has 0 bridgehead atoms. The molecule has 0 saturated heterocycles. The summed E-state index contributed by atoms with van der Waals surface area (Å²) in [6, 6.07) is 8.03. The summed E-state index contributed by atoms with van der Waals surface area (Å²) in [5.74, 6) is 3.20. The topological polar surface area (TPSA) is 113 Å². The molecule has 3 N–H and O–H groups in total. The molecule has 0 unspecified atom stereocenters. The van der Waals surface area contributed by atoms with Crippen molar-refractivity contribution in [3.63, 3.8) is 0 Å². The minimum atomic E-state index is -0.952. The molecule has 0 spiro atoms. The molecule has 0 amide bonds. The van der Waals surface area contributed by atoms with E-state index in [0.29, 0.717) is 6.54 Å². The summed E-state index contributed by atoms with van der Waals surface area (Å²) in [7, 11) is 0. The van der Waals surface area contributed by atoms with Crippen molar-refractivity contribution in [2.45, 2.75) is 13.3 Å². The predicted molar refractivity (Wildman–Crippen MR) is 74.5 cm³/mol. The van der Waals surface area contributed by atoms with Gasteiger partial charge in [0, 0.05) is 18.6 Å². The Labute approximate surface area is 150 Å². The molecule has 0 atom stereocenters. The molecular weight excluding hydrogens is 295 g/mol. The van der Waals surface area contributed by atoms with Crippen LogP contribution in [0.4, 0.5) is 5.95 Å². The Morgan fingerprint density at radius 1 is 1.41 bits per heavy atom. The van der Waals surface area contributed by atoms with Gasteiger partial charge in [-0.2, -0.15) is 5.90 Å². The van der Waals surface area contributed by atoms with Gasteiger partial charge < -0.3 is 15.3 Å². The van der Waals surface area contributed by atoms with Crippen LogP contribution in [-0.2, 0) is 11.3 Å². The standard InChI is InChI=1S/C14H16N4O3.Na/c1-9-4-2-3-5-10(9)6-7-16-14-17-8-11(12(19)18-14)13(20)21-15;/h2-5,8H,6-7,15H2,1H3,(H2,16,17,18,19);/q;+1/p-1. The minimum absolute atomic E-state index is 0. The quantitative estimate of drug-likeness (QED) is 0.465. The van der Waals surface area contributed by atoms with Gasteiger partial charge in [0.15, 0.2) is 0 Å². The maximum atomic E-state index is 11.6. The number of nitrogens with one attached hydrogen (secondary N) is 1. The van der Waals surface area contributed by atoms with Gasteiger partial charge in [0.05, 0.1) is 5.56 Å². The number of carbonyl (C=O) groups excluding carboxylic acids is 1. The molecule has 1 aromatic carbocycles. The Hall–Kier alpha value is -1.67. The van der Waals surface area contributed by atoms with Crippen molar-refractivity contribution >= 4 is 11.9 Å². The Kier molecular flexibility index (Phi) is 7.26. The molecule has 22 heavy (non-hydrogen) atoms. The average molecular weight is 310 g/mol. The first-order valence-electron chi connectivity index (χ1n) is 6.35. The summed E-state index contributed by atoms with van der Waals surface area (Å²) < 4.78 is 0. The summed E-state index contributed by atoms with van der Waals surface area (Å²) >= 11 is 0. The van der Waals surface area contributed by atoms with E-state index in [2.05, 4.69) is 20.1 Å². The molecule has 0 fully saturated rings. The Balaban J connectivity index is 0.00000242. The van der Waals surface area contributed by atoms with E-state index in [9.17, 15) is 9.90 Å². The van der Waals surface area contributed by atoms with Crippen molar-refractivity contribution in [1.82, 2.24) is 9.97 Å². The second kappa shape index (κ2) is 8.70. The van der Waals surface area contributed by atoms with Gasteiger partial charge in [0.1, 0.15) is 0 Å². The molecule has 2 rings (SSSR count). The van der Waals surface area contributed by atoms with Gasteiger partial charge in [-0.05, 0) is 24.5 Å². The number of carbonyl (C=O) groups is 1. The number of benzene rings is 1. The smallest absolute Gasteiger partial charge is 0.858 e. The van der Waals surface area contributed by atoms with Crippen LogP contribution in [0.3, 0.4) is 0 Å². The number of hydrogen-bond acceptors (Lipinski definition) is 7. The third-order valence-corrected chi connectivity index (χ3v) is 3.02. The Morgan fingerprint density at radius 3 is 2.77 bits per heavy atom. The normalized spacial score (nSPS) is 9.73. The maximum Gasteiger partial charge on any atom is 1.00 e. The van der Waals surface area contributed by atoms with Crippen LogP contribution in [0, 0.1) is 6.92 Å². The van der Waals surface area contributed by atoms with Gasteiger partial charge in [-0.1, -0.05) is 24.3 Å². The molecule has 0 aliphatic rings. The Bertz CT molecular complexity index is 652. The summed E-state index contributed by atoms with van der Waals surface area (Å²) in [5, 5.41) is 14.5. The van der Waals surface area contributed by atoms with Crippen LogP contribution in [0.25, 0.3) is 0 Å². The SMILES string of the molecule is Cc1ccccc1CCNc1ncc(C(=O)ON)c([O-])n1.[Na+]. The van der Waals surface area contributed by atoms with Gasteiger partial charge in [0.2, 0.25) is 5.95 Å².